The highest BCUT2D eigenvalue weighted by Crippen LogP contribution is 2.29. The standard InChI is InChI=1S/C14H18BrFO/c15-12-7-10(8-13(16)9-12)5-6-14(17)11-3-1-2-4-11/h7-9,11,14,17H,1-6H2. The quantitative estimate of drug-likeness (QED) is 0.888. The summed E-state index contributed by atoms with van der Waals surface area (Å²) in [4.78, 5) is 0. The summed E-state index contributed by atoms with van der Waals surface area (Å²) in [5, 5.41) is 10.0. The molecule has 1 aromatic carbocycles. The molecule has 1 N–H and O–H groups in total. The zero-order valence-corrected chi connectivity index (χ0v) is 11.4. The zero-order chi connectivity index (χ0) is 12.3. The molecular weight excluding hydrogens is 283 g/mol. The van der Waals surface area contributed by atoms with Crippen LogP contribution in [0.2, 0.25) is 0 Å². The molecular formula is C14H18BrFO. The molecule has 0 heterocycles. The summed E-state index contributed by atoms with van der Waals surface area (Å²) in [6.07, 6.45) is 6.04. The Bertz CT molecular complexity index is 354. The molecule has 0 bridgehead atoms. The first-order chi connectivity index (χ1) is 8.15. The molecule has 1 unspecified atom stereocenters. The fourth-order valence-electron chi connectivity index (χ4n) is 2.65. The average Bonchev–Trinajstić information content (AvgIpc) is 2.78. The topological polar surface area (TPSA) is 20.2 Å². The molecule has 0 spiro atoms. The van der Waals surface area contributed by atoms with Crippen molar-refractivity contribution in [2.45, 2.75) is 44.6 Å². The van der Waals surface area contributed by atoms with Gasteiger partial charge in [-0.3, -0.25) is 0 Å². The predicted octanol–water partition coefficient (Wildman–Crippen LogP) is 4.07. The van der Waals surface area contributed by atoms with E-state index in [-0.39, 0.29) is 11.9 Å². The molecule has 0 radical (unpaired) electrons. The van der Waals surface area contributed by atoms with E-state index in [0.29, 0.717) is 5.92 Å². The minimum absolute atomic E-state index is 0.218. The van der Waals surface area contributed by atoms with Gasteiger partial charge in [-0.05, 0) is 55.4 Å². The van der Waals surface area contributed by atoms with Crippen LogP contribution in [0.3, 0.4) is 0 Å². The lowest BCUT2D eigenvalue weighted by molar-refractivity contribution is 0.102. The molecule has 1 nitrogen and oxygen atoms in total. The molecule has 1 aromatic rings. The van der Waals surface area contributed by atoms with E-state index < -0.39 is 0 Å². The van der Waals surface area contributed by atoms with Crippen molar-refractivity contribution in [3.05, 3.63) is 34.1 Å². The van der Waals surface area contributed by atoms with E-state index in [9.17, 15) is 9.50 Å². The Morgan fingerprint density at radius 2 is 2.00 bits per heavy atom. The normalized spacial score (nSPS) is 18.5. The molecule has 17 heavy (non-hydrogen) atoms. The Morgan fingerprint density at radius 3 is 2.65 bits per heavy atom. The monoisotopic (exact) mass is 300 g/mol. The predicted molar refractivity (Wildman–Crippen MR) is 70.4 cm³/mol. The molecule has 0 aromatic heterocycles. The van der Waals surface area contributed by atoms with Crippen LogP contribution < -0.4 is 0 Å². The number of aryl methyl sites for hydroxylation is 1. The summed E-state index contributed by atoms with van der Waals surface area (Å²) in [6.45, 7) is 0. The van der Waals surface area contributed by atoms with Crippen LogP contribution in [0.5, 0.6) is 0 Å². The molecule has 94 valence electrons. The minimum atomic E-state index is -0.223. The third-order valence-electron chi connectivity index (χ3n) is 3.60. The van der Waals surface area contributed by atoms with Gasteiger partial charge in [0.2, 0.25) is 0 Å². The fraction of sp³-hybridized carbons (Fsp3) is 0.571. The highest BCUT2D eigenvalue weighted by molar-refractivity contribution is 9.10. The number of hydrogen-bond acceptors (Lipinski definition) is 1. The van der Waals surface area contributed by atoms with Gasteiger partial charge in [0.25, 0.3) is 0 Å². The maximum absolute atomic E-state index is 13.2. The average molecular weight is 301 g/mol. The Balaban J connectivity index is 1.88. The molecule has 1 aliphatic carbocycles. The number of benzene rings is 1. The van der Waals surface area contributed by atoms with Crippen molar-refractivity contribution in [2.75, 3.05) is 0 Å². The van der Waals surface area contributed by atoms with E-state index >= 15 is 0 Å². The van der Waals surface area contributed by atoms with E-state index in [4.69, 9.17) is 0 Å². The second-order valence-electron chi connectivity index (χ2n) is 4.93. The highest BCUT2D eigenvalue weighted by Gasteiger charge is 2.22. The maximum Gasteiger partial charge on any atom is 0.124 e. The van der Waals surface area contributed by atoms with Gasteiger partial charge < -0.3 is 5.11 Å². The van der Waals surface area contributed by atoms with Crippen LogP contribution in [0.15, 0.2) is 22.7 Å². The van der Waals surface area contributed by atoms with Gasteiger partial charge in [0.05, 0.1) is 6.10 Å². The van der Waals surface area contributed by atoms with Gasteiger partial charge in [0.15, 0.2) is 0 Å². The first-order valence-corrected chi connectivity index (χ1v) is 7.07. The van der Waals surface area contributed by atoms with Gasteiger partial charge in [0, 0.05) is 4.47 Å². The first-order valence-electron chi connectivity index (χ1n) is 6.28. The summed E-state index contributed by atoms with van der Waals surface area (Å²) in [5.41, 5.74) is 0.953. The summed E-state index contributed by atoms with van der Waals surface area (Å²) in [7, 11) is 0. The Labute approximate surface area is 110 Å². The van der Waals surface area contributed by atoms with Crippen molar-refractivity contribution in [2.24, 2.45) is 5.92 Å². The number of hydrogen-bond donors (Lipinski definition) is 1. The lowest BCUT2D eigenvalue weighted by Crippen LogP contribution is -2.18. The molecule has 0 amide bonds. The van der Waals surface area contributed by atoms with E-state index in [1.807, 2.05) is 6.07 Å². The summed E-state index contributed by atoms with van der Waals surface area (Å²) >= 11 is 3.28. The van der Waals surface area contributed by atoms with Crippen LogP contribution in [0.25, 0.3) is 0 Å². The number of aliphatic hydroxyl groups is 1. The number of rotatable bonds is 4. The highest BCUT2D eigenvalue weighted by atomic mass is 79.9. The first kappa shape index (κ1) is 13.0. The molecule has 1 saturated carbocycles. The smallest absolute Gasteiger partial charge is 0.124 e. The second kappa shape index (κ2) is 5.96. The number of aliphatic hydroxyl groups excluding tert-OH is 1. The number of halogens is 2. The van der Waals surface area contributed by atoms with Crippen molar-refractivity contribution in [1.82, 2.24) is 0 Å². The molecule has 1 fully saturated rings. The van der Waals surface area contributed by atoms with Gasteiger partial charge in [-0.25, -0.2) is 4.39 Å². The fourth-order valence-corrected chi connectivity index (χ4v) is 3.16. The molecule has 1 atom stereocenters. The van der Waals surface area contributed by atoms with Crippen LogP contribution in [-0.2, 0) is 6.42 Å². The Kier molecular flexibility index (Phi) is 4.57. The van der Waals surface area contributed by atoms with Crippen LogP contribution in [0.1, 0.15) is 37.7 Å². The van der Waals surface area contributed by atoms with Crippen molar-refractivity contribution in [3.8, 4) is 0 Å². The lowest BCUT2D eigenvalue weighted by Gasteiger charge is -2.17. The molecule has 0 aliphatic heterocycles. The van der Waals surface area contributed by atoms with Gasteiger partial charge in [-0.1, -0.05) is 28.8 Å². The summed E-state index contributed by atoms with van der Waals surface area (Å²) in [6, 6.07) is 4.92. The van der Waals surface area contributed by atoms with Gasteiger partial charge in [0.1, 0.15) is 5.82 Å². The van der Waals surface area contributed by atoms with Crippen LogP contribution in [0, 0.1) is 11.7 Å². The zero-order valence-electron chi connectivity index (χ0n) is 9.83. The van der Waals surface area contributed by atoms with Crippen molar-refractivity contribution in [1.29, 1.82) is 0 Å². The van der Waals surface area contributed by atoms with Gasteiger partial charge >= 0.3 is 0 Å². The third kappa shape index (κ3) is 3.78. The Hall–Kier alpha value is -0.410. The molecule has 1 aliphatic rings. The molecule has 0 saturated heterocycles. The summed E-state index contributed by atoms with van der Waals surface area (Å²) in [5.74, 6) is 0.247. The lowest BCUT2D eigenvalue weighted by atomic mass is 9.95. The van der Waals surface area contributed by atoms with Crippen molar-refractivity contribution >= 4 is 15.9 Å². The van der Waals surface area contributed by atoms with E-state index in [2.05, 4.69) is 15.9 Å². The Morgan fingerprint density at radius 1 is 1.29 bits per heavy atom. The van der Waals surface area contributed by atoms with Gasteiger partial charge in [-0.2, -0.15) is 0 Å². The van der Waals surface area contributed by atoms with E-state index in [0.717, 1.165) is 35.7 Å². The SMILES string of the molecule is OC(CCc1cc(F)cc(Br)c1)C1CCCC1. The van der Waals surface area contributed by atoms with Crippen molar-refractivity contribution in [3.63, 3.8) is 0 Å². The van der Waals surface area contributed by atoms with Crippen LogP contribution >= 0.6 is 15.9 Å². The summed E-state index contributed by atoms with van der Waals surface area (Å²) < 4.78 is 13.9. The van der Waals surface area contributed by atoms with Crippen LogP contribution in [-0.4, -0.2) is 11.2 Å². The molecule has 3 heteroatoms. The molecule has 2 rings (SSSR count). The van der Waals surface area contributed by atoms with E-state index in [1.54, 1.807) is 6.07 Å². The maximum atomic E-state index is 13.2. The second-order valence-corrected chi connectivity index (χ2v) is 5.84. The van der Waals surface area contributed by atoms with E-state index in [1.165, 1.54) is 18.9 Å². The largest absolute Gasteiger partial charge is 0.393 e. The van der Waals surface area contributed by atoms with Crippen molar-refractivity contribution < 1.29 is 9.50 Å². The third-order valence-corrected chi connectivity index (χ3v) is 4.05. The van der Waals surface area contributed by atoms with Gasteiger partial charge in [-0.15, -0.1) is 0 Å². The van der Waals surface area contributed by atoms with Crippen LogP contribution in [0.4, 0.5) is 4.39 Å². The minimum Gasteiger partial charge on any atom is -0.393 e.